The van der Waals surface area contributed by atoms with Crippen molar-refractivity contribution >= 4 is 15.9 Å². The summed E-state index contributed by atoms with van der Waals surface area (Å²) in [7, 11) is 2.04. The Labute approximate surface area is 120 Å². The van der Waals surface area contributed by atoms with E-state index in [0.717, 1.165) is 24.0 Å². The zero-order chi connectivity index (χ0) is 13.4. The zero-order valence-corrected chi connectivity index (χ0v) is 13.3. The number of hydrogen-bond donors (Lipinski definition) is 1. The molecule has 1 aromatic carbocycles. The smallest absolute Gasteiger partial charge is 0.0330 e. The van der Waals surface area contributed by atoms with Crippen LogP contribution >= 0.6 is 15.9 Å². The van der Waals surface area contributed by atoms with Gasteiger partial charge in [0.1, 0.15) is 0 Å². The summed E-state index contributed by atoms with van der Waals surface area (Å²) in [6.45, 7) is 7.98. The standard InChI is InChI=1S/C15H25BrN2/c1-4-10-18(5-2)11-9-15(17-3)13-7-6-8-14(16)12-13/h6-8,12,15,17H,4-5,9-11H2,1-3H3. The van der Waals surface area contributed by atoms with Crippen molar-refractivity contribution in [2.24, 2.45) is 0 Å². The van der Waals surface area contributed by atoms with Gasteiger partial charge in [0.25, 0.3) is 0 Å². The highest BCUT2D eigenvalue weighted by Gasteiger charge is 2.11. The quantitative estimate of drug-likeness (QED) is 0.784. The number of halogens is 1. The summed E-state index contributed by atoms with van der Waals surface area (Å²) in [5, 5.41) is 3.42. The Balaban J connectivity index is 2.56. The minimum Gasteiger partial charge on any atom is -0.313 e. The molecule has 0 saturated carbocycles. The second-order valence-corrected chi connectivity index (χ2v) is 5.53. The van der Waals surface area contributed by atoms with Gasteiger partial charge in [-0.3, -0.25) is 0 Å². The van der Waals surface area contributed by atoms with Crippen LogP contribution in [0.1, 0.15) is 38.3 Å². The van der Waals surface area contributed by atoms with Gasteiger partial charge in [0.2, 0.25) is 0 Å². The molecular weight excluding hydrogens is 288 g/mol. The first-order chi connectivity index (χ1) is 8.71. The third kappa shape index (κ3) is 5.09. The average Bonchev–Trinajstić information content (AvgIpc) is 2.38. The van der Waals surface area contributed by atoms with Crippen LogP contribution in [0.3, 0.4) is 0 Å². The lowest BCUT2D eigenvalue weighted by Crippen LogP contribution is -2.29. The lowest BCUT2D eigenvalue weighted by atomic mass is 10.0. The second kappa shape index (κ2) is 8.68. The van der Waals surface area contributed by atoms with Crippen molar-refractivity contribution in [1.82, 2.24) is 10.2 Å². The van der Waals surface area contributed by atoms with Gasteiger partial charge in [0, 0.05) is 10.5 Å². The summed E-state index contributed by atoms with van der Waals surface area (Å²) in [4.78, 5) is 2.52. The molecule has 0 saturated heterocycles. The molecular formula is C15H25BrN2. The average molecular weight is 313 g/mol. The molecule has 0 radical (unpaired) electrons. The molecule has 1 aromatic rings. The first-order valence-electron chi connectivity index (χ1n) is 6.86. The molecule has 1 atom stereocenters. The fourth-order valence-electron chi connectivity index (χ4n) is 2.26. The van der Waals surface area contributed by atoms with E-state index < -0.39 is 0 Å². The first-order valence-corrected chi connectivity index (χ1v) is 7.65. The summed E-state index contributed by atoms with van der Waals surface area (Å²) in [6, 6.07) is 9.02. The Morgan fingerprint density at radius 3 is 2.61 bits per heavy atom. The maximum Gasteiger partial charge on any atom is 0.0330 e. The number of hydrogen-bond acceptors (Lipinski definition) is 2. The molecule has 2 nitrogen and oxygen atoms in total. The van der Waals surface area contributed by atoms with Crippen molar-refractivity contribution in [3.63, 3.8) is 0 Å². The van der Waals surface area contributed by atoms with E-state index in [9.17, 15) is 0 Å². The Bertz CT molecular complexity index is 341. The van der Waals surface area contributed by atoms with Crippen molar-refractivity contribution in [3.8, 4) is 0 Å². The van der Waals surface area contributed by atoms with E-state index >= 15 is 0 Å². The molecule has 1 rings (SSSR count). The van der Waals surface area contributed by atoms with Gasteiger partial charge in [-0.15, -0.1) is 0 Å². The third-order valence-corrected chi connectivity index (χ3v) is 3.81. The molecule has 102 valence electrons. The molecule has 0 spiro atoms. The second-order valence-electron chi connectivity index (χ2n) is 4.62. The minimum atomic E-state index is 0.438. The molecule has 0 aliphatic carbocycles. The molecule has 1 unspecified atom stereocenters. The van der Waals surface area contributed by atoms with Crippen molar-refractivity contribution in [1.29, 1.82) is 0 Å². The van der Waals surface area contributed by atoms with Gasteiger partial charge in [-0.1, -0.05) is 41.9 Å². The largest absolute Gasteiger partial charge is 0.313 e. The number of nitrogens with one attached hydrogen (secondary N) is 1. The molecule has 0 aromatic heterocycles. The van der Waals surface area contributed by atoms with Crippen LogP contribution in [-0.2, 0) is 0 Å². The predicted octanol–water partition coefficient (Wildman–Crippen LogP) is 3.83. The van der Waals surface area contributed by atoms with Crippen LogP contribution in [0, 0.1) is 0 Å². The van der Waals surface area contributed by atoms with E-state index in [1.54, 1.807) is 0 Å². The van der Waals surface area contributed by atoms with Gasteiger partial charge < -0.3 is 10.2 Å². The van der Waals surface area contributed by atoms with Crippen LogP contribution < -0.4 is 5.32 Å². The van der Waals surface area contributed by atoms with E-state index in [4.69, 9.17) is 0 Å². The maximum absolute atomic E-state index is 3.54. The first kappa shape index (κ1) is 15.7. The fraction of sp³-hybridized carbons (Fsp3) is 0.600. The van der Waals surface area contributed by atoms with E-state index in [2.05, 4.69) is 64.3 Å². The Hall–Kier alpha value is -0.380. The molecule has 0 bridgehead atoms. The molecule has 0 amide bonds. The summed E-state index contributed by atoms with van der Waals surface area (Å²) >= 11 is 3.54. The van der Waals surface area contributed by atoms with E-state index in [1.807, 2.05) is 7.05 Å². The molecule has 3 heteroatoms. The van der Waals surface area contributed by atoms with Crippen LogP contribution in [-0.4, -0.2) is 31.6 Å². The minimum absolute atomic E-state index is 0.438. The van der Waals surface area contributed by atoms with Gasteiger partial charge in [-0.05, 0) is 57.2 Å². The van der Waals surface area contributed by atoms with Crippen molar-refractivity contribution < 1.29 is 0 Å². The summed E-state index contributed by atoms with van der Waals surface area (Å²) in [5.41, 5.74) is 1.36. The number of rotatable bonds is 8. The summed E-state index contributed by atoms with van der Waals surface area (Å²) in [6.07, 6.45) is 2.38. The number of nitrogens with zero attached hydrogens (tertiary/aromatic N) is 1. The Kier molecular flexibility index (Phi) is 7.56. The van der Waals surface area contributed by atoms with Crippen molar-refractivity contribution in [3.05, 3.63) is 34.3 Å². The van der Waals surface area contributed by atoms with Gasteiger partial charge in [-0.25, -0.2) is 0 Å². The maximum atomic E-state index is 3.54. The lowest BCUT2D eigenvalue weighted by Gasteiger charge is -2.23. The van der Waals surface area contributed by atoms with Gasteiger partial charge in [0.05, 0.1) is 0 Å². The predicted molar refractivity (Wildman–Crippen MR) is 83.0 cm³/mol. The monoisotopic (exact) mass is 312 g/mol. The van der Waals surface area contributed by atoms with Gasteiger partial charge in [0.15, 0.2) is 0 Å². The SMILES string of the molecule is CCCN(CC)CCC(NC)c1cccc(Br)c1. The molecule has 0 heterocycles. The van der Waals surface area contributed by atoms with Crippen molar-refractivity contribution in [2.45, 2.75) is 32.7 Å². The lowest BCUT2D eigenvalue weighted by molar-refractivity contribution is 0.271. The van der Waals surface area contributed by atoms with Crippen LogP contribution in [0.4, 0.5) is 0 Å². The highest BCUT2D eigenvalue weighted by molar-refractivity contribution is 9.10. The number of benzene rings is 1. The summed E-state index contributed by atoms with van der Waals surface area (Å²) < 4.78 is 1.15. The van der Waals surface area contributed by atoms with Crippen LogP contribution in [0.15, 0.2) is 28.7 Å². The molecule has 0 aliphatic heterocycles. The molecule has 0 aliphatic rings. The Morgan fingerprint density at radius 1 is 1.28 bits per heavy atom. The topological polar surface area (TPSA) is 15.3 Å². The van der Waals surface area contributed by atoms with Crippen LogP contribution in [0.5, 0.6) is 0 Å². The van der Waals surface area contributed by atoms with Crippen LogP contribution in [0.2, 0.25) is 0 Å². The fourth-order valence-corrected chi connectivity index (χ4v) is 2.67. The third-order valence-electron chi connectivity index (χ3n) is 3.32. The molecule has 1 N–H and O–H groups in total. The zero-order valence-electron chi connectivity index (χ0n) is 11.7. The van der Waals surface area contributed by atoms with E-state index in [1.165, 1.54) is 18.5 Å². The normalized spacial score (nSPS) is 12.9. The highest BCUT2D eigenvalue weighted by Crippen LogP contribution is 2.20. The summed E-state index contributed by atoms with van der Waals surface area (Å²) in [5.74, 6) is 0. The Morgan fingerprint density at radius 2 is 2.06 bits per heavy atom. The molecule has 0 fully saturated rings. The van der Waals surface area contributed by atoms with Gasteiger partial charge in [-0.2, -0.15) is 0 Å². The molecule has 18 heavy (non-hydrogen) atoms. The van der Waals surface area contributed by atoms with E-state index in [-0.39, 0.29) is 0 Å². The van der Waals surface area contributed by atoms with Crippen molar-refractivity contribution in [2.75, 3.05) is 26.7 Å². The van der Waals surface area contributed by atoms with Gasteiger partial charge >= 0.3 is 0 Å². The van der Waals surface area contributed by atoms with E-state index in [0.29, 0.717) is 6.04 Å². The van der Waals surface area contributed by atoms with Crippen LogP contribution in [0.25, 0.3) is 0 Å². The highest BCUT2D eigenvalue weighted by atomic mass is 79.9.